The molecule has 2 aromatic heterocycles. The Morgan fingerprint density at radius 1 is 0.923 bits per heavy atom. The molecular weight excluding hydrogens is 543 g/mol. The largest absolute Gasteiger partial charge is 0.495 e. The van der Waals surface area contributed by atoms with E-state index in [1.54, 1.807) is 48.8 Å². The quantitative estimate of drug-likeness (QED) is 0.274. The summed E-state index contributed by atoms with van der Waals surface area (Å²) in [6, 6.07) is 10.1. The molecule has 0 atom stereocenters. The van der Waals surface area contributed by atoms with Crippen molar-refractivity contribution in [2.24, 2.45) is 0 Å². The first-order valence-electron chi connectivity index (χ1n) is 11.9. The van der Waals surface area contributed by atoms with Crippen LogP contribution in [0.4, 0.5) is 16.4 Å². The van der Waals surface area contributed by atoms with Gasteiger partial charge >= 0.3 is 6.09 Å². The fourth-order valence-electron chi connectivity index (χ4n) is 3.79. The first kappa shape index (κ1) is 28.2. The molecule has 0 saturated heterocycles. The van der Waals surface area contributed by atoms with Gasteiger partial charge in [0.15, 0.2) is 5.75 Å². The van der Waals surface area contributed by atoms with Gasteiger partial charge in [-0.3, -0.25) is 5.32 Å². The third-order valence-electron chi connectivity index (χ3n) is 5.86. The minimum absolute atomic E-state index is 0.194. The van der Waals surface area contributed by atoms with Gasteiger partial charge in [0.05, 0.1) is 30.5 Å². The van der Waals surface area contributed by atoms with Gasteiger partial charge < -0.3 is 24.0 Å². The zero-order valence-corrected chi connectivity index (χ0v) is 23.7. The molecule has 0 aliphatic carbocycles. The fourth-order valence-corrected chi connectivity index (χ4v) is 4.49. The lowest BCUT2D eigenvalue weighted by Crippen LogP contribution is -2.29. The third-order valence-corrected chi connectivity index (χ3v) is 6.61. The number of aromatic nitrogens is 3. The van der Waals surface area contributed by atoms with Crippen LogP contribution in [0.1, 0.15) is 0 Å². The number of halogens is 2. The Balaban J connectivity index is 1.86. The number of benzene rings is 2. The summed E-state index contributed by atoms with van der Waals surface area (Å²) in [7, 11) is 8.93. The topological polar surface area (TPSA) is 102 Å². The number of anilines is 2. The van der Waals surface area contributed by atoms with Crippen LogP contribution in [0.25, 0.3) is 22.2 Å². The highest BCUT2D eigenvalue weighted by molar-refractivity contribution is 6.41. The molecule has 39 heavy (non-hydrogen) atoms. The maximum atomic E-state index is 12.7. The van der Waals surface area contributed by atoms with E-state index < -0.39 is 6.09 Å². The van der Waals surface area contributed by atoms with Gasteiger partial charge in [0.25, 0.3) is 0 Å². The summed E-state index contributed by atoms with van der Waals surface area (Å²) in [6.07, 6.45) is 2.46. The van der Waals surface area contributed by atoms with Gasteiger partial charge in [-0.05, 0) is 38.4 Å². The van der Waals surface area contributed by atoms with E-state index in [1.807, 2.05) is 26.0 Å². The summed E-state index contributed by atoms with van der Waals surface area (Å²) in [6.45, 7) is 1.52. The molecule has 0 bridgehead atoms. The average Bonchev–Trinajstić information content (AvgIpc) is 2.93. The highest BCUT2D eigenvalue weighted by Crippen LogP contribution is 2.48. The molecule has 2 aromatic carbocycles. The van der Waals surface area contributed by atoms with Gasteiger partial charge in [-0.25, -0.2) is 19.7 Å². The number of nitrogens with one attached hydrogen (secondary N) is 1. The second kappa shape index (κ2) is 12.3. The van der Waals surface area contributed by atoms with Gasteiger partial charge in [0, 0.05) is 43.5 Å². The second-order valence-corrected chi connectivity index (χ2v) is 9.53. The zero-order chi connectivity index (χ0) is 28.1. The predicted octanol–water partition coefficient (Wildman–Crippen LogP) is 5.62. The number of ether oxygens (including phenoxy) is 3. The van der Waals surface area contributed by atoms with E-state index in [9.17, 15) is 4.79 Å². The fraction of sp³-hybridized carbons (Fsp3) is 0.259. The summed E-state index contributed by atoms with van der Waals surface area (Å²) in [5.41, 5.74) is 1.77. The van der Waals surface area contributed by atoms with Crippen molar-refractivity contribution in [3.05, 3.63) is 58.8 Å². The Kier molecular flexibility index (Phi) is 8.90. The Labute approximate surface area is 236 Å². The molecule has 2 heterocycles. The molecule has 0 saturated carbocycles. The highest BCUT2D eigenvalue weighted by Gasteiger charge is 2.23. The first-order valence-corrected chi connectivity index (χ1v) is 12.6. The van der Waals surface area contributed by atoms with E-state index in [2.05, 4.69) is 20.2 Å². The molecule has 10 nitrogen and oxygen atoms in total. The van der Waals surface area contributed by atoms with Crippen LogP contribution in [0.2, 0.25) is 10.0 Å². The Morgan fingerprint density at radius 3 is 2.26 bits per heavy atom. The normalized spacial score (nSPS) is 11.0. The molecule has 204 valence electrons. The van der Waals surface area contributed by atoms with Crippen LogP contribution in [-0.4, -0.2) is 74.4 Å². The number of likely N-dealkylation sites (N-methyl/N-ethyl adjacent to an activating group) is 2. The number of hydrogen-bond donors (Lipinski definition) is 1. The number of carbonyl (C=O) groups excluding carboxylic acids is 1. The molecule has 4 aromatic rings. The number of amides is 1. The van der Waals surface area contributed by atoms with E-state index >= 15 is 0 Å². The lowest BCUT2D eigenvalue weighted by molar-refractivity contribution is 0.215. The molecular formula is C27H28Cl2N6O4. The maximum absolute atomic E-state index is 12.7. The van der Waals surface area contributed by atoms with Crippen molar-refractivity contribution in [1.82, 2.24) is 19.9 Å². The SMILES string of the molecule is COc1cc(OC)c(Cl)c(-c2ccc(OC(=O)Nc3ccccn3)c3ncc(N(C)CCN(C)C)nc23)c1Cl. The van der Waals surface area contributed by atoms with Crippen molar-refractivity contribution in [3.63, 3.8) is 0 Å². The van der Waals surface area contributed by atoms with Crippen molar-refractivity contribution in [2.45, 2.75) is 0 Å². The van der Waals surface area contributed by atoms with Gasteiger partial charge in [0.1, 0.15) is 34.2 Å². The average molecular weight is 571 g/mol. The molecule has 0 fully saturated rings. The van der Waals surface area contributed by atoms with E-state index in [0.29, 0.717) is 51.8 Å². The van der Waals surface area contributed by atoms with Crippen LogP contribution < -0.4 is 24.4 Å². The van der Waals surface area contributed by atoms with Crippen LogP contribution in [0, 0.1) is 0 Å². The highest BCUT2D eigenvalue weighted by atomic mass is 35.5. The zero-order valence-electron chi connectivity index (χ0n) is 22.2. The third kappa shape index (κ3) is 6.25. The van der Waals surface area contributed by atoms with Crippen LogP contribution in [0.3, 0.4) is 0 Å². The minimum Gasteiger partial charge on any atom is -0.495 e. The number of nitrogens with zero attached hydrogens (tertiary/aromatic N) is 5. The predicted molar refractivity (Wildman–Crippen MR) is 154 cm³/mol. The molecule has 0 aliphatic heterocycles. The number of rotatable bonds is 9. The van der Waals surface area contributed by atoms with Crippen molar-refractivity contribution in [3.8, 4) is 28.4 Å². The van der Waals surface area contributed by atoms with Crippen molar-refractivity contribution >= 4 is 52.0 Å². The summed E-state index contributed by atoms with van der Waals surface area (Å²) in [5.74, 6) is 1.91. The van der Waals surface area contributed by atoms with E-state index in [-0.39, 0.29) is 15.8 Å². The van der Waals surface area contributed by atoms with Crippen LogP contribution >= 0.6 is 23.2 Å². The van der Waals surface area contributed by atoms with E-state index in [0.717, 1.165) is 6.54 Å². The first-order chi connectivity index (χ1) is 18.7. The van der Waals surface area contributed by atoms with E-state index in [4.69, 9.17) is 42.4 Å². The smallest absolute Gasteiger partial charge is 0.418 e. The molecule has 4 rings (SSSR count). The molecule has 1 amide bonds. The van der Waals surface area contributed by atoms with E-state index in [1.165, 1.54) is 14.2 Å². The van der Waals surface area contributed by atoms with Gasteiger partial charge in [0.2, 0.25) is 0 Å². The summed E-state index contributed by atoms with van der Waals surface area (Å²) >= 11 is 13.5. The maximum Gasteiger partial charge on any atom is 0.418 e. The van der Waals surface area contributed by atoms with Crippen molar-refractivity contribution in [1.29, 1.82) is 0 Å². The molecule has 1 N–H and O–H groups in total. The number of fused-ring (bicyclic) bond motifs is 1. The monoisotopic (exact) mass is 570 g/mol. The Bertz CT molecular complexity index is 1460. The van der Waals surface area contributed by atoms with Crippen LogP contribution in [0.15, 0.2) is 48.8 Å². The van der Waals surface area contributed by atoms with Crippen molar-refractivity contribution < 1.29 is 19.0 Å². The molecule has 0 aliphatic rings. The second-order valence-electron chi connectivity index (χ2n) is 8.78. The Morgan fingerprint density at radius 2 is 1.64 bits per heavy atom. The minimum atomic E-state index is -0.726. The van der Waals surface area contributed by atoms with Crippen LogP contribution in [-0.2, 0) is 0 Å². The molecule has 12 heteroatoms. The standard InChI is InChI=1S/C27H28Cl2N6O4/c1-34(2)12-13-35(3)21-15-31-26-17(39-27(36)32-20-8-6-7-11-30-20)10-9-16(25(26)33-21)22-23(28)18(37-4)14-19(38-5)24(22)29/h6-11,14-15H,12-13H2,1-5H3,(H,30,32,36). The van der Waals surface area contributed by atoms with Gasteiger partial charge in [-0.1, -0.05) is 29.3 Å². The number of carbonyl (C=O) groups is 1. The summed E-state index contributed by atoms with van der Waals surface area (Å²) in [5, 5.41) is 3.15. The molecule has 0 spiro atoms. The summed E-state index contributed by atoms with van der Waals surface area (Å²) in [4.78, 5) is 30.3. The summed E-state index contributed by atoms with van der Waals surface area (Å²) < 4.78 is 16.5. The van der Waals surface area contributed by atoms with Crippen molar-refractivity contribution in [2.75, 3.05) is 58.7 Å². The van der Waals surface area contributed by atoms with Gasteiger partial charge in [-0.2, -0.15) is 0 Å². The molecule has 0 unspecified atom stereocenters. The van der Waals surface area contributed by atoms with Crippen LogP contribution in [0.5, 0.6) is 17.2 Å². The lowest BCUT2D eigenvalue weighted by Gasteiger charge is -2.21. The Hall–Kier alpha value is -3.86. The number of methoxy groups -OCH3 is 2. The number of hydrogen-bond acceptors (Lipinski definition) is 9. The lowest BCUT2D eigenvalue weighted by atomic mass is 10.0. The molecule has 0 radical (unpaired) electrons. The van der Waals surface area contributed by atoms with Gasteiger partial charge in [-0.15, -0.1) is 0 Å². The number of pyridine rings is 1.